The summed E-state index contributed by atoms with van der Waals surface area (Å²) < 4.78 is 5.38. The van der Waals surface area contributed by atoms with Gasteiger partial charge in [-0.15, -0.1) is 0 Å². The van der Waals surface area contributed by atoms with E-state index in [4.69, 9.17) is 10.5 Å². The summed E-state index contributed by atoms with van der Waals surface area (Å²) in [6.45, 7) is 9.52. The van der Waals surface area contributed by atoms with Crippen molar-refractivity contribution >= 4 is 0 Å². The first kappa shape index (κ1) is 11.0. The highest BCUT2D eigenvalue weighted by Crippen LogP contribution is 2.40. The first-order chi connectivity index (χ1) is 5.97. The van der Waals surface area contributed by atoms with Crippen LogP contribution in [0.25, 0.3) is 0 Å². The van der Waals surface area contributed by atoms with Gasteiger partial charge in [0, 0.05) is 13.2 Å². The lowest BCUT2D eigenvalue weighted by molar-refractivity contribution is 0.00295. The van der Waals surface area contributed by atoms with Crippen molar-refractivity contribution in [1.82, 2.24) is 0 Å². The van der Waals surface area contributed by atoms with Crippen molar-refractivity contribution in [2.75, 3.05) is 19.8 Å². The van der Waals surface area contributed by atoms with Gasteiger partial charge in [-0.05, 0) is 36.6 Å². The molecule has 2 heteroatoms. The van der Waals surface area contributed by atoms with Gasteiger partial charge in [-0.2, -0.15) is 0 Å². The molecule has 0 atom stereocenters. The summed E-state index contributed by atoms with van der Waals surface area (Å²) in [6.07, 6.45) is 3.60. The third kappa shape index (κ3) is 3.28. The number of rotatable bonds is 3. The second-order valence-corrected chi connectivity index (χ2v) is 5.47. The lowest BCUT2D eigenvalue weighted by atomic mass is 9.70. The van der Waals surface area contributed by atoms with Crippen LogP contribution in [0.5, 0.6) is 0 Å². The Morgan fingerprint density at radius 3 is 2.31 bits per heavy atom. The largest absolute Gasteiger partial charge is 0.381 e. The molecule has 0 saturated carbocycles. The molecule has 0 bridgehead atoms. The van der Waals surface area contributed by atoms with E-state index in [0.717, 1.165) is 19.8 Å². The molecule has 1 heterocycles. The molecule has 2 N–H and O–H groups in total. The highest BCUT2D eigenvalue weighted by Gasteiger charge is 2.33. The summed E-state index contributed by atoms with van der Waals surface area (Å²) >= 11 is 0. The molecule has 1 saturated heterocycles. The molecule has 0 unspecified atom stereocenters. The molecule has 1 fully saturated rings. The molecular weight excluding hydrogens is 162 g/mol. The van der Waals surface area contributed by atoms with Crippen molar-refractivity contribution in [3.05, 3.63) is 0 Å². The molecule has 0 aliphatic carbocycles. The van der Waals surface area contributed by atoms with Gasteiger partial charge in [0.15, 0.2) is 0 Å². The molecule has 1 aliphatic rings. The Hall–Kier alpha value is -0.0800. The van der Waals surface area contributed by atoms with Crippen LogP contribution in [0, 0.1) is 10.8 Å². The Bertz CT molecular complexity index is 159. The van der Waals surface area contributed by atoms with Gasteiger partial charge in [-0.3, -0.25) is 0 Å². The Kier molecular flexibility index (Phi) is 3.36. The van der Waals surface area contributed by atoms with Gasteiger partial charge in [-0.1, -0.05) is 20.8 Å². The van der Waals surface area contributed by atoms with Crippen LogP contribution in [0.3, 0.4) is 0 Å². The van der Waals surface area contributed by atoms with Crippen LogP contribution < -0.4 is 5.73 Å². The van der Waals surface area contributed by atoms with E-state index < -0.39 is 0 Å². The predicted molar refractivity (Wildman–Crippen MR) is 55.6 cm³/mol. The molecule has 0 aromatic heterocycles. The summed E-state index contributed by atoms with van der Waals surface area (Å²) in [7, 11) is 0. The van der Waals surface area contributed by atoms with E-state index in [1.54, 1.807) is 0 Å². The van der Waals surface area contributed by atoms with E-state index in [1.807, 2.05) is 0 Å². The van der Waals surface area contributed by atoms with Gasteiger partial charge in [0.1, 0.15) is 0 Å². The first-order valence-corrected chi connectivity index (χ1v) is 5.25. The van der Waals surface area contributed by atoms with Gasteiger partial charge < -0.3 is 10.5 Å². The van der Waals surface area contributed by atoms with Crippen LogP contribution in [0.15, 0.2) is 0 Å². The molecule has 0 radical (unpaired) electrons. The van der Waals surface area contributed by atoms with Gasteiger partial charge in [-0.25, -0.2) is 0 Å². The molecule has 0 aromatic carbocycles. The van der Waals surface area contributed by atoms with Crippen LogP contribution >= 0.6 is 0 Å². The quantitative estimate of drug-likeness (QED) is 0.731. The summed E-state index contributed by atoms with van der Waals surface area (Å²) in [5.74, 6) is 0. The average Bonchev–Trinajstić information content (AvgIpc) is 2.04. The second kappa shape index (κ2) is 3.97. The molecule has 2 nitrogen and oxygen atoms in total. The predicted octanol–water partition coefficient (Wildman–Crippen LogP) is 2.18. The Balaban J connectivity index is 2.49. The number of nitrogens with two attached hydrogens (primary N) is 1. The maximum absolute atomic E-state index is 5.75. The summed E-state index contributed by atoms with van der Waals surface area (Å²) in [4.78, 5) is 0. The van der Waals surface area contributed by atoms with Crippen LogP contribution in [-0.2, 0) is 4.74 Å². The molecule has 1 rings (SSSR count). The normalized spacial score (nSPS) is 23.1. The minimum atomic E-state index is 0.284. The molecular formula is C11H23NO. The van der Waals surface area contributed by atoms with Crippen molar-refractivity contribution < 1.29 is 4.74 Å². The smallest absolute Gasteiger partial charge is 0.0471 e. The lowest BCUT2D eigenvalue weighted by Crippen LogP contribution is -2.35. The van der Waals surface area contributed by atoms with E-state index in [1.165, 1.54) is 19.3 Å². The van der Waals surface area contributed by atoms with E-state index in [2.05, 4.69) is 20.8 Å². The monoisotopic (exact) mass is 185 g/mol. The summed E-state index contributed by atoms with van der Waals surface area (Å²) in [5, 5.41) is 0. The Labute approximate surface area is 81.8 Å². The fourth-order valence-corrected chi connectivity index (χ4v) is 2.27. The fourth-order valence-electron chi connectivity index (χ4n) is 2.27. The zero-order chi connectivity index (χ0) is 9.95. The van der Waals surface area contributed by atoms with Gasteiger partial charge in [0.05, 0.1) is 0 Å². The minimum absolute atomic E-state index is 0.284. The van der Waals surface area contributed by atoms with Crippen LogP contribution in [0.2, 0.25) is 0 Å². The van der Waals surface area contributed by atoms with Crippen molar-refractivity contribution in [1.29, 1.82) is 0 Å². The fraction of sp³-hybridized carbons (Fsp3) is 1.00. The number of hydrogen-bond acceptors (Lipinski definition) is 2. The van der Waals surface area contributed by atoms with E-state index >= 15 is 0 Å². The summed E-state index contributed by atoms with van der Waals surface area (Å²) in [5.41, 5.74) is 6.49. The van der Waals surface area contributed by atoms with Crippen molar-refractivity contribution in [2.45, 2.75) is 40.0 Å². The number of hydrogen-bond donors (Lipinski definition) is 1. The highest BCUT2D eigenvalue weighted by atomic mass is 16.5. The van der Waals surface area contributed by atoms with Gasteiger partial charge in [0.2, 0.25) is 0 Å². The standard InChI is InChI=1S/C11H23NO/c1-10(2,9-12)8-11(3)4-6-13-7-5-11/h4-9,12H2,1-3H3. The van der Waals surface area contributed by atoms with Crippen molar-refractivity contribution in [3.63, 3.8) is 0 Å². The van der Waals surface area contributed by atoms with Crippen LogP contribution in [-0.4, -0.2) is 19.8 Å². The Morgan fingerprint density at radius 1 is 1.31 bits per heavy atom. The maximum Gasteiger partial charge on any atom is 0.0471 e. The zero-order valence-corrected chi connectivity index (χ0v) is 9.23. The second-order valence-electron chi connectivity index (χ2n) is 5.47. The van der Waals surface area contributed by atoms with Crippen molar-refractivity contribution in [3.8, 4) is 0 Å². The first-order valence-electron chi connectivity index (χ1n) is 5.25. The molecule has 78 valence electrons. The number of ether oxygens (including phenoxy) is 1. The van der Waals surface area contributed by atoms with Crippen LogP contribution in [0.1, 0.15) is 40.0 Å². The third-order valence-electron chi connectivity index (χ3n) is 3.16. The minimum Gasteiger partial charge on any atom is -0.381 e. The average molecular weight is 185 g/mol. The zero-order valence-electron chi connectivity index (χ0n) is 9.23. The van der Waals surface area contributed by atoms with E-state index in [0.29, 0.717) is 5.41 Å². The molecule has 13 heavy (non-hydrogen) atoms. The summed E-state index contributed by atoms with van der Waals surface area (Å²) in [6, 6.07) is 0. The lowest BCUT2D eigenvalue weighted by Gasteiger charge is -2.39. The molecule has 1 aliphatic heterocycles. The molecule has 0 amide bonds. The van der Waals surface area contributed by atoms with E-state index in [9.17, 15) is 0 Å². The highest BCUT2D eigenvalue weighted by molar-refractivity contribution is 4.84. The molecule has 0 aromatic rings. The van der Waals surface area contributed by atoms with Crippen LogP contribution in [0.4, 0.5) is 0 Å². The maximum atomic E-state index is 5.75. The third-order valence-corrected chi connectivity index (χ3v) is 3.16. The Morgan fingerprint density at radius 2 is 1.85 bits per heavy atom. The molecule has 0 spiro atoms. The van der Waals surface area contributed by atoms with E-state index in [-0.39, 0.29) is 5.41 Å². The van der Waals surface area contributed by atoms with Crippen molar-refractivity contribution in [2.24, 2.45) is 16.6 Å². The van der Waals surface area contributed by atoms with Gasteiger partial charge in [0.25, 0.3) is 0 Å². The van der Waals surface area contributed by atoms with Gasteiger partial charge >= 0.3 is 0 Å². The SMILES string of the molecule is CC(C)(CN)CC1(C)CCOCC1. The topological polar surface area (TPSA) is 35.2 Å².